The molecule has 2 aromatic rings. The summed E-state index contributed by atoms with van der Waals surface area (Å²) in [6.45, 7) is 1.89. The third-order valence-electron chi connectivity index (χ3n) is 2.11. The Balaban J connectivity index is 2.35. The van der Waals surface area contributed by atoms with Crippen LogP contribution in [0.2, 0.25) is 0 Å². The van der Waals surface area contributed by atoms with Crippen molar-refractivity contribution in [2.24, 2.45) is 7.05 Å². The van der Waals surface area contributed by atoms with E-state index < -0.39 is 0 Å². The summed E-state index contributed by atoms with van der Waals surface area (Å²) in [5.74, 6) is 0. The molecule has 0 aliphatic rings. The minimum atomic E-state index is 0.00269. The molecular formula is C9H12N4OS. The van der Waals surface area contributed by atoms with E-state index in [0.29, 0.717) is 0 Å². The number of imidazole rings is 1. The number of aryl methyl sites for hydroxylation is 2. The lowest BCUT2D eigenvalue weighted by atomic mass is 10.3. The minimum Gasteiger partial charge on any atom is -0.392 e. The summed E-state index contributed by atoms with van der Waals surface area (Å²) in [7, 11) is 1.86. The number of hydrogen-bond acceptors (Lipinski definition) is 4. The molecule has 80 valence electrons. The summed E-state index contributed by atoms with van der Waals surface area (Å²) in [6.07, 6.45) is 3.47. The Morgan fingerprint density at radius 2 is 2.40 bits per heavy atom. The van der Waals surface area contributed by atoms with Crippen molar-refractivity contribution >= 4 is 11.8 Å². The number of aliphatic hydroxyl groups excluding tert-OH is 1. The van der Waals surface area contributed by atoms with Gasteiger partial charge in [0.05, 0.1) is 12.3 Å². The van der Waals surface area contributed by atoms with E-state index in [1.165, 1.54) is 11.8 Å². The summed E-state index contributed by atoms with van der Waals surface area (Å²) in [4.78, 5) is 7.12. The van der Waals surface area contributed by atoms with Gasteiger partial charge in [-0.05, 0) is 18.7 Å². The van der Waals surface area contributed by atoms with Crippen LogP contribution in [-0.2, 0) is 13.7 Å². The monoisotopic (exact) mass is 224 g/mol. The second kappa shape index (κ2) is 4.08. The number of H-pyrrole nitrogens is 1. The molecule has 0 spiro atoms. The van der Waals surface area contributed by atoms with Crippen LogP contribution in [-0.4, -0.2) is 24.9 Å². The molecule has 0 radical (unpaired) electrons. The van der Waals surface area contributed by atoms with Crippen LogP contribution in [0.15, 0.2) is 22.6 Å². The maximum atomic E-state index is 9.24. The van der Waals surface area contributed by atoms with Crippen LogP contribution in [0.4, 0.5) is 0 Å². The maximum absolute atomic E-state index is 9.24. The van der Waals surface area contributed by atoms with Crippen molar-refractivity contribution in [2.45, 2.75) is 23.7 Å². The molecule has 5 nitrogen and oxygen atoms in total. The molecule has 0 bridgehead atoms. The first-order valence-corrected chi connectivity index (χ1v) is 5.34. The fourth-order valence-corrected chi connectivity index (χ4v) is 2.32. The van der Waals surface area contributed by atoms with Crippen molar-refractivity contribution in [3.05, 3.63) is 23.7 Å². The van der Waals surface area contributed by atoms with E-state index in [-0.39, 0.29) is 6.61 Å². The van der Waals surface area contributed by atoms with Crippen molar-refractivity contribution in [1.82, 2.24) is 19.7 Å². The molecule has 15 heavy (non-hydrogen) atoms. The summed E-state index contributed by atoms with van der Waals surface area (Å²) in [6, 6.07) is 0. The number of nitrogens with zero attached hydrogens (tertiary/aromatic N) is 3. The molecule has 0 atom stereocenters. The highest BCUT2D eigenvalue weighted by Gasteiger charge is 2.14. The quantitative estimate of drug-likeness (QED) is 0.819. The summed E-state index contributed by atoms with van der Waals surface area (Å²) < 4.78 is 1.76. The molecule has 2 heterocycles. The fourth-order valence-electron chi connectivity index (χ4n) is 1.39. The highest BCUT2D eigenvalue weighted by atomic mass is 32.2. The van der Waals surface area contributed by atoms with E-state index in [4.69, 9.17) is 0 Å². The van der Waals surface area contributed by atoms with E-state index >= 15 is 0 Å². The smallest absolute Gasteiger partial charge is 0.171 e. The molecule has 0 aliphatic heterocycles. The van der Waals surface area contributed by atoms with Crippen molar-refractivity contribution in [1.29, 1.82) is 0 Å². The average Bonchev–Trinajstić information content (AvgIpc) is 2.77. The van der Waals surface area contributed by atoms with Gasteiger partial charge in [-0.1, -0.05) is 0 Å². The van der Waals surface area contributed by atoms with Crippen LogP contribution in [0.5, 0.6) is 0 Å². The largest absolute Gasteiger partial charge is 0.392 e. The molecular weight excluding hydrogens is 212 g/mol. The molecule has 0 unspecified atom stereocenters. The van der Waals surface area contributed by atoms with E-state index in [0.717, 1.165) is 21.4 Å². The Labute approximate surface area is 91.5 Å². The zero-order valence-electron chi connectivity index (χ0n) is 8.56. The molecule has 0 amide bonds. The number of nitrogens with one attached hydrogen (secondary N) is 1. The van der Waals surface area contributed by atoms with Gasteiger partial charge in [-0.15, -0.1) is 0 Å². The number of aromatic nitrogens is 4. The number of hydrogen-bond donors (Lipinski definition) is 2. The van der Waals surface area contributed by atoms with Crippen molar-refractivity contribution in [2.75, 3.05) is 0 Å². The van der Waals surface area contributed by atoms with Gasteiger partial charge in [0.2, 0.25) is 0 Å². The number of aliphatic hydroxyl groups is 1. The Morgan fingerprint density at radius 3 is 3.00 bits per heavy atom. The Kier molecular flexibility index (Phi) is 2.79. The van der Waals surface area contributed by atoms with Crippen LogP contribution in [0.3, 0.4) is 0 Å². The first kappa shape index (κ1) is 10.3. The molecule has 0 aromatic carbocycles. The van der Waals surface area contributed by atoms with Crippen molar-refractivity contribution in [3.63, 3.8) is 0 Å². The molecule has 6 heteroatoms. The first-order chi connectivity index (χ1) is 7.22. The second-order valence-corrected chi connectivity index (χ2v) is 4.12. The van der Waals surface area contributed by atoms with Gasteiger partial charge in [-0.2, -0.15) is 5.10 Å². The predicted molar refractivity (Wildman–Crippen MR) is 56.6 cm³/mol. The lowest BCUT2D eigenvalue weighted by Crippen LogP contribution is -1.94. The molecule has 0 saturated carbocycles. The second-order valence-electron chi connectivity index (χ2n) is 3.15. The molecule has 0 aliphatic carbocycles. The summed E-state index contributed by atoms with van der Waals surface area (Å²) in [5.41, 5.74) is 1.72. The molecule has 2 aromatic heterocycles. The third kappa shape index (κ3) is 1.91. The minimum absolute atomic E-state index is 0.00269. The highest BCUT2D eigenvalue weighted by molar-refractivity contribution is 7.99. The fraction of sp³-hybridized carbons (Fsp3) is 0.333. The number of aromatic amines is 1. The molecule has 0 fully saturated rings. The molecule has 2 N–H and O–H groups in total. The molecule has 2 rings (SSSR count). The number of rotatable bonds is 3. The first-order valence-electron chi connectivity index (χ1n) is 4.53. The highest BCUT2D eigenvalue weighted by Crippen LogP contribution is 2.29. The van der Waals surface area contributed by atoms with E-state index in [1.807, 2.05) is 14.0 Å². The SMILES string of the molecule is Cc1nn(C)c(Sc2ncc[nH]2)c1CO. The van der Waals surface area contributed by atoms with Gasteiger partial charge in [0, 0.05) is 25.0 Å². The Morgan fingerprint density at radius 1 is 1.60 bits per heavy atom. The Bertz CT molecular complexity index is 449. The van der Waals surface area contributed by atoms with Gasteiger partial charge in [0.1, 0.15) is 5.03 Å². The average molecular weight is 224 g/mol. The zero-order chi connectivity index (χ0) is 10.8. The van der Waals surface area contributed by atoms with Gasteiger partial charge in [0.25, 0.3) is 0 Å². The zero-order valence-corrected chi connectivity index (χ0v) is 9.38. The van der Waals surface area contributed by atoms with Crippen LogP contribution in [0, 0.1) is 6.92 Å². The lowest BCUT2D eigenvalue weighted by Gasteiger charge is -2.01. The molecule has 0 saturated heterocycles. The van der Waals surface area contributed by atoms with E-state index in [1.54, 1.807) is 17.1 Å². The van der Waals surface area contributed by atoms with Crippen LogP contribution in [0.1, 0.15) is 11.3 Å². The van der Waals surface area contributed by atoms with Crippen LogP contribution < -0.4 is 0 Å². The summed E-state index contributed by atoms with van der Waals surface area (Å²) >= 11 is 1.47. The van der Waals surface area contributed by atoms with Gasteiger partial charge < -0.3 is 10.1 Å². The van der Waals surface area contributed by atoms with Crippen LogP contribution in [0.25, 0.3) is 0 Å². The summed E-state index contributed by atoms with van der Waals surface area (Å²) in [5, 5.41) is 15.2. The van der Waals surface area contributed by atoms with E-state index in [9.17, 15) is 5.11 Å². The standard InChI is InChI=1S/C9H12N4OS/c1-6-7(5-14)8(13(2)12-6)15-9-10-3-4-11-9/h3-4,14H,5H2,1-2H3,(H,10,11). The van der Waals surface area contributed by atoms with Gasteiger partial charge in [-0.3, -0.25) is 4.68 Å². The topological polar surface area (TPSA) is 66.7 Å². The third-order valence-corrected chi connectivity index (χ3v) is 3.23. The van der Waals surface area contributed by atoms with Crippen molar-refractivity contribution < 1.29 is 5.11 Å². The Hall–Kier alpha value is -1.27. The lowest BCUT2D eigenvalue weighted by molar-refractivity contribution is 0.277. The van der Waals surface area contributed by atoms with Crippen LogP contribution >= 0.6 is 11.8 Å². The maximum Gasteiger partial charge on any atom is 0.171 e. The van der Waals surface area contributed by atoms with E-state index in [2.05, 4.69) is 15.1 Å². The van der Waals surface area contributed by atoms with Gasteiger partial charge in [-0.25, -0.2) is 4.98 Å². The van der Waals surface area contributed by atoms with Crippen molar-refractivity contribution in [3.8, 4) is 0 Å². The predicted octanol–water partition coefficient (Wildman–Crippen LogP) is 1.10. The van der Waals surface area contributed by atoms with Gasteiger partial charge >= 0.3 is 0 Å². The normalized spacial score (nSPS) is 10.9. The van der Waals surface area contributed by atoms with Gasteiger partial charge in [0.15, 0.2) is 5.16 Å².